The predicted octanol–water partition coefficient (Wildman–Crippen LogP) is 1.92. The highest BCUT2D eigenvalue weighted by atomic mass is 35.5. The molecule has 12 heavy (non-hydrogen) atoms. The number of alkyl halides is 1. The Morgan fingerprint density at radius 1 is 1.42 bits per heavy atom. The summed E-state index contributed by atoms with van der Waals surface area (Å²) in [6.07, 6.45) is 0. The molecular weight excluding hydrogens is 174 g/mol. The molecule has 1 N–H and O–H groups in total. The molecule has 0 unspecified atom stereocenters. The quantitative estimate of drug-likeness (QED) is 0.551. The van der Waals surface area contributed by atoms with E-state index in [4.69, 9.17) is 11.6 Å². The van der Waals surface area contributed by atoms with Crippen LogP contribution >= 0.6 is 11.6 Å². The minimum absolute atomic E-state index is 0.134. The van der Waals surface area contributed by atoms with Gasteiger partial charge in [0, 0.05) is 5.56 Å². The monoisotopic (exact) mass is 183 g/mol. The van der Waals surface area contributed by atoms with Gasteiger partial charge in [-0.3, -0.25) is 4.79 Å². The molecule has 0 radical (unpaired) electrons. The third kappa shape index (κ3) is 2.24. The molecule has 1 aromatic carbocycles. The van der Waals surface area contributed by atoms with E-state index in [-0.39, 0.29) is 11.9 Å². The van der Waals surface area contributed by atoms with Crippen molar-refractivity contribution < 1.29 is 4.79 Å². The summed E-state index contributed by atoms with van der Waals surface area (Å²) in [6.45, 7) is 1.98. The van der Waals surface area contributed by atoms with Gasteiger partial charge in [0.1, 0.15) is 0 Å². The van der Waals surface area contributed by atoms with Crippen LogP contribution in [0.4, 0.5) is 0 Å². The molecule has 0 spiro atoms. The average molecular weight is 184 g/mol. The lowest BCUT2D eigenvalue weighted by atomic mass is 10.1. The van der Waals surface area contributed by atoms with Crippen LogP contribution < -0.4 is 5.32 Å². The smallest absolute Gasteiger partial charge is 0.252 e. The zero-order valence-electron chi connectivity index (χ0n) is 6.80. The number of halogens is 1. The number of benzene rings is 1. The minimum atomic E-state index is -0.134. The Labute approximate surface area is 76.5 Å². The second-order valence-corrected chi connectivity index (χ2v) is 2.77. The SMILES string of the molecule is Cc1ccc(C(=O)NCCl)cc1. The molecular formula is C9H10ClNO. The highest BCUT2D eigenvalue weighted by molar-refractivity contribution is 6.19. The topological polar surface area (TPSA) is 29.1 Å². The molecule has 1 rings (SSSR count). The lowest BCUT2D eigenvalue weighted by molar-refractivity contribution is 0.0960. The standard InChI is InChI=1S/C9H10ClNO/c1-7-2-4-8(5-3-7)9(12)11-6-10/h2-5H,6H2,1H3,(H,11,12). The third-order valence-electron chi connectivity index (χ3n) is 1.54. The Bertz CT molecular complexity index is 268. The number of hydrogen-bond acceptors (Lipinski definition) is 1. The van der Waals surface area contributed by atoms with Gasteiger partial charge in [-0.25, -0.2) is 0 Å². The molecule has 1 amide bonds. The van der Waals surface area contributed by atoms with Crippen LogP contribution in [-0.4, -0.2) is 11.9 Å². The summed E-state index contributed by atoms with van der Waals surface area (Å²) in [5.74, 6) is -0.134. The first kappa shape index (κ1) is 9.07. The number of rotatable bonds is 2. The third-order valence-corrected chi connectivity index (χ3v) is 1.67. The van der Waals surface area contributed by atoms with Crippen LogP contribution in [-0.2, 0) is 0 Å². The van der Waals surface area contributed by atoms with Crippen LogP contribution in [0.5, 0.6) is 0 Å². The number of amides is 1. The Hall–Kier alpha value is -1.02. The molecule has 1 aromatic rings. The Morgan fingerprint density at radius 2 is 2.00 bits per heavy atom. The van der Waals surface area contributed by atoms with Crippen LogP contribution in [0, 0.1) is 6.92 Å². The molecule has 0 bridgehead atoms. The van der Waals surface area contributed by atoms with E-state index in [1.165, 1.54) is 0 Å². The fraction of sp³-hybridized carbons (Fsp3) is 0.222. The summed E-state index contributed by atoms with van der Waals surface area (Å²) in [5, 5.41) is 2.51. The van der Waals surface area contributed by atoms with Gasteiger partial charge in [-0.05, 0) is 19.1 Å². The molecule has 0 atom stereocenters. The Balaban J connectivity index is 2.75. The van der Waals surface area contributed by atoms with Gasteiger partial charge in [-0.2, -0.15) is 0 Å². The Morgan fingerprint density at radius 3 is 2.50 bits per heavy atom. The maximum Gasteiger partial charge on any atom is 0.252 e. The number of nitrogens with one attached hydrogen (secondary N) is 1. The lowest BCUT2D eigenvalue weighted by Gasteiger charge is -2.00. The second kappa shape index (κ2) is 4.12. The Kier molecular flexibility index (Phi) is 3.11. The van der Waals surface area contributed by atoms with Crippen LogP contribution in [0.15, 0.2) is 24.3 Å². The second-order valence-electron chi connectivity index (χ2n) is 2.51. The predicted molar refractivity (Wildman–Crippen MR) is 49.4 cm³/mol. The summed E-state index contributed by atoms with van der Waals surface area (Å²) in [7, 11) is 0. The van der Waals surface area contributed by atoms with Gasteiger partial charge >= 0.3 is 0 Å². The number of aryl methyl sites for hydroxylation is 1. The summed E-state index contributed by atoms with van der Waals surface area (Å²) in [4.78, 5) is 11.2. The molecule has 0 saturated heterocycles. The zero-order chi connectivity index (χ0) is 8.97. The largest absolute Gasteiger partial charge is 0.339 e. The number of hydrogen-bond donors (Lipinski definition) is 1. The van der Waals surface area contributed by atoms with Crippen molar-refractivity contribution in [2.45, 2.75) is 6.92 Å². The minimum Gasteiger partial charge on any atom is -0.339 e. The normalized spacial score (nSPS) is 9.50. The first-order chi connectivity index (χ1) is 5.74. The molecule has 0 aromatic heterocycles. The van der Waals surface area contributed by atoms with Crippen molar-refractivity contribution in [1.82, 2.24) is 5.32 Å². The van der Waals surface area contributed by atoms with E-state index in [9.17, 15) is 4.79 Å². The van der Waals surface area contributed by atoms with E-state index >= 15 is 0 Å². The van der Waals surface area contributed by atoms with Gasteiger partial charge in [0.15, 0.2) is 0 Å². The summed E-state index contributed by atoms with van der Waals surface area (Å²) < 4.78 is 0. The highest BCUT2D eigenvalue weighted by Gasteiger charge is 2.01. The fourth-order valence-corrected chi connectivity index (χ4v) is 0.989. The van der Waals surface area contributed by atoms with Gasteiger partial charge in [0.2, 0.25) is 0 Å². The first-order valence-electron chi connectivity index (χ1n) is 3.65. The summed E-state index contributed by atoms with van der Waals surface area (Å²) in [5.41, 5.74) is 1.78. The van der Waals surface area contributed by atoms with E-state index in [0.29, 0.717) is 5.56 Å². The van der Waals surface area contributed by atoms with Crippen molar-refractivity contribution >= 4 is 17.5 Å². The van der Waals surface area contributed by atoms with Crippen molar-refractivity contribution in [1.29, 1.82) is 0 Å². The van der Waals surface area contributed by atoms with Gasteiger partial charge in [0.25, 0.3) is 5.91 Å². The van der Waals surface area contributed by atoms with E-state index in [2.05, 4.69) is 5.32 Å². The van der Waals surface area contributed by atoms with Crippen LogP contribution in [0.1, 0.15) is 15.9 Å². The van der Waals surface area contributed by atoms with Crippen molar-refractivity contribution in [2.75, 3.05) is 6.00 Å². The van der Waals surface area contributed by atoms with Gasteiger partial charge < -0.3 is 5.32 Å². The van der Waals surface area contributed by atoms with Gasteiger partial charge in [-0.15, -0.1) is 11.6 Å². The van der Waals surface area contributed by atoms with Crippen LogP contribution in [0.25, 0.3) is 0 Å². The zero-order valence-corrected chi connectivity index (χ0v) is 7.56. The van der Waals surface area contributed by atoms with Crippen molar-refractivity contribution in [3.05, 3.63) is 35.4 Å². The lowest BCUT2D eigenvalue weighted by Crippen LogP contribution is -2.21. The molecule has 64 valence electrons. The molecule has 0 saturated carbocycles. The van der Waals surface area contributed by atoms with E-state index in [1.807, 2.05) is 19.1 Å². The molecule has 0 aliphatic carbocycles. The molecule has 2 nitrogen and oxygen atoms in total. The van der Waals surface area contributed by atoms with E-state index in [1.54, 1.807) is 12.1 Å². The van der Waals surface area contributed by atoms with Crippen molar-refractivity contribution in [3.63, 3.8) is 0 Å². The van der Waals surface area contributed by atoms with E-state index < -0.39 is 0 Å². The van der Waals surface area contributed by atoms with Crippen LogP contribution in [0.2, 0.25) is 0 Å². The van der Waals surface area contributed by atoms with Crippen LogP contribution in [0.3, 0.4) is 0 Å². The fourth-order valence-electron chi connectivity index (χ4n) is 0.868. The highest BCUT2D eigenvalue weighted by Crippen LogP contribution is 2.02. The maximum atomic E-state index is 11.2. The number of carbonyl (C=O) groups excluding carboxylic acids is 1. The van der Waals surface area contributed by atoms with Gasteiger partial charge in [-0.1, -0.05) is 17.7 Å². The van der Waals surface area contributed by atoms with E-state index in [0.717, 1.165) is 5.56 Å². The number of carbonyl (C=O) groups is 1. The molecule has 0 heterocycles. The van der Waals surface area contributed by atoms with Crippen molar-refractivity contribution in [3.8, 4) is 0 Å². The van der Waals surface area contributed by atoms with Crippen molar-refractivity contribution in [2.24, 2.45) is 0 Å². The summed E-state index contributed by atoms with van der Waals surface area (Å²) >= 11 is 5.35. The molecule has 0 aliphatic rings. The van der Waals surface area contributed by atoms with Gasteiger partial charge in [0.05, 0.1) is 6.00 Å². The maximum absolute atomic E-state index is 11.2. The molecule has 0 aliphatic heterocycles. The molecule has 3 heteroatoms. The summed E-state index contributed by atoms with van der Waals surface area (Å²) in [6, 6.07) is 7.48. The first-order valence-corrected chi connectivity index (χ1v) is 4.18. The molecule has 0 fully saturated rings. The average Bonchev–Trinajstić information content (AvgIpc) is 2.06.